The number of amides is 2. The Morgan fingerprint density at radius 2 is 1.80 bits per heavy atom. The van der Waals surface area contributed by atoms with Crippen molar-refractivity contribution in [1.29, 1.82) is 0 Å². The number of benzene rings is 2. The molecule has 0 radical (unpaired) electrons. The molecule has 0 saturated carbocycles. The molecule has 4 rings (SSSR count). The van der Waals surface area contributed by atoms with Gasteiger partial charge in [-0.15, -0.1) is 0 Å². The Morgan fingerprint density at radius 1 is 1.10 bits per heavy atom. The minimum atomic E-state index is -0.711. The third-order valence-electron chi connectivity index (χ3n) is 8.91. The number of nitrogens with zero attached hydrogens (tertiary/aromatic N) is 2. The minimum absolute atomic E-state index is 0.0380. The summed E-state index contributed by atoms with van der Waals surface area (Å²) in [5.74, 6) is 0.782. The average Bonchev–Trinajstić information content (AvgIpc) is 2.88. The summed E-state index contributed by atoms with van der Waals surface area (Å²) in [6.45, 7) is 16.9. The third kappa shape index (κ3) is 7.15. The van der Waals surface area contributed by atoms with E-state index in [-0.39, 0.29) is 35.6 Å². The maximum absolute atomic E-state index is 13.8. The molecular weight excluding hydrogens is 518 g/mol. The van der Waals surface area contributed by atoms with Crippen LogP contribution >= 0.6 is 0 Å². The predicted molar refractivity (Wildman–Crippen MR) is 160 cm³/mol. The Bertz CT molecular complexity index is 1260. The third-order valence-corrected chi connectivity index (χ3v) is 8.91. The molecule has 8 nitrogen and oxygen atoms in total. The van der Waals surface area contributed by atoms with Gasteiger partial charge in [0.2, 0.25) is 5.91 Å². The van der Waals surface area contributed by atoms with Crippen molar-refractivity contribution in [2.24, 2.45) is 11.8 Å². The predicted octanol–water partition coefficient (Wildman–Crippen LogP) is 5.20. The van der Waals surface area contributed by atoms with Crippen molar-refractivity contribution in [3.63, 3.8) is 0 Å². The molecule has 0 spiro atoms. The van der Waals surface area contributed by atoms with Gasteiger partial charge in [-0.1, -0.05) is 45.9 Å². The van der Waals surface area contributed by atoms with Crippen LogP contribution in [0.25, 0.3) is 0 Å². The van der Waals surface area contributed by atoms with Gasteiger partial charge in [-0.2, -0.15) is 0 Å². The van der Waals surface area contributed by atoms with E-state index in [9.17, 15) is 19.8 Å². The van der Waals surface area contributed by atoms with E-state index in [1.165, 1.54) is 4.90 Å². The SMILES string of the molecule is CC(C)[C@@H](CN1CC[C@@](C)(c2cccc(O)c2)[C@@H](C)C1)NC(=O)[C@H]1Cc2ccc(O)cc2CN1C(=O)OC(C)(C)C. The summed E-state index contributed by atoms with van der Waals surface area (Å²) >= 11 is 0. The number of hydrogen-bond acceptors (Lipinski definition) is 6. The molecule has 2 heterocycles. The van der Waals surface area contributed by atoms with E-state index in [0.29, 0.717) is 24.6 Å². The van der Waals surface area contributed by atoms with Crippen molar-refractivity contribution in [3.8, 4) is 11.5 Å². The minimum Gasteiger partial charge on any atom is -0.508 e. The van der Waals surface area contributed by atoms with Crippen LogP contribution in [-0.2, 0) is 27.9 Å². The lowest BCUT2D eigenvalue weighted by atomic mass is 9.68. The lowest BCUT2D eigenvalue weighted by Gasteiger charge is -2.46. The normalized spacial score (nSPS) is 24.0. The van der Waals surface area contributed by atoms with Gasteiger partial charge in [0, 0.05) is 25.6 Å². The molecule has 2 amide bonds. The van der Waals surface area contributed by atoms with Crippen molar-refractivity contribution in [2.75, 3.05) is 19.6 Å². The summed E-state index contributed by atoms with van der Waals surface area (Å²) in [4.78, 5) is 31.0. The second-order valence-corrected chi connectivity index (χ2v) is 13.5. The van der Waals surface area contributed by atoms with Crippen LogP contribution in [0.3, 0.4) is 0 Å². The van der Waals surface area contributed by atoms with Crippen LogP contribution < -0.4 is 5.32 Å². The van der Waals surface area contributed by atoms with Gasteiger partial charge in [-0.25, -0.2) is 4.79 Å². The number of carbonyl (C=O) groups is 2. The van der Waals surface area contributed by atoms with Crippen LogP contribution in [-0.4, -0.2) is 69.3 Å². The van der Waals surface area contributed by atoms with Gasteiger partial charge in [0.25, 0.3) is 0 Å². The molecule has 8 heteroatoms. The first-order valence-electron chi connectivity index (χ1n) is 14.8. The quantitative estimate of drug-likeness (QED) is 0.445. The zero-order valence-corrected chi connectivity index (χ0v) is 25.6. The summed E-state index contributed by atoms with van der Waals surface area (Å²) in [6, 6.07) is 11.9. The van der Waals surface area contributed by atoms with E-state index in [0.717, 1.165) is 36.2 Å². The fourth-order valence-corrected chi connectivity index (χ4v) is 6.07. The van der Waals surface area contributed by atoms with Gasteiger partial charge < -0.3 is 25.2 Å². The Labute approximate surface area is 244 Å². The van der Waals surface area contributed by atoms with Gasteiger partial charge in [-0.3, -0.25) is 9.69 Å². The van der Waals surface area contributed by atoms with Crippen molar-refractivity contribution in [1.82, 2.24) is 15.1 Å². The van der Waals surface area contributed by atoms with Gasteiger partial charge in [0.05, 0.1) is 6.54 Å². The van der Waals surface area contributed by atoms with Gasteiger partial charge >= 0.3 is 6.09 Å². The van der Waals surface area contributed by atoms with Crippen LogP contribution in [0.2, 0.25) is 0 Å². The maximum atomic E-state index is 13.8. The molecule has 1 saturated heterocycles. The smallest absolute Gasteiger partial charge is 0.411 e. The Hall–Kier alpha value is -3.26. The molecule has 0 aromatic heterocycles. The van der Waals surface area contributed by atoms with Crippen LogP contribution in [0.15, 0.2) is 42.5 Å². The largest absolute Gasteiger partial charge is 0.508 e. The standard InChI is InChI=1S/C33H47N3O5/c1-21(2)28(20-35-14-13-33(7,22(3)18-35)25-9-8-10-26(37)17-25)34-30(39)29-16-23-11-12-27(38)15-24(23)19-36(29)31(40)41-32(4,5)6/h8-12,15,17,21-22,28-29,37-38H,13-14,16,18-20H2,1-7H3,(H,34,39)/t22-,28+,29+,33+/m0/s1. The number of phenolic OH excluding ortho intramolecular Hbond substituents is 2. The highest BCUT2D eigenvalue weighted by Crippen LogP contribution is 2.40. The van der Waals surface area contributed by atoms with Gasteiger partial charge in [0.1, 0.15) is 23.1 Å². The molecule has 0 unspecified atom stereocenters. The number of ether oxygens (including phenoxy) is 1. The molecule has 3 N–H and O–H groups in total. The highest BCUT2D eigenvalue weighted by atomic mass is 16.6. The van der Waals surface area contributed by atoms with Crippen molar-refractivity contribution < 1.29 is 24.5 Å². The molecule has 224 valence electrons. The molecule has 0 aliphatic carbocycles. The Balaban J connectivity index is 1.47. The Morgan fingerprint density at radius 3 is 2.44 bits per heavy atom. The first-order valence-corrected chi connectivity index (χ1v) is 14.8. The molecule has 2 aliphatic heterocycles. The first kappa shape index (κ1) is 30.7. The number of rotatable bonds is 6. The summed E-state index contributed by atoms with van der Waals surface area (Å²) in [5.41, 5.74) is 2.18. The summed E-state index contributed by atoms with van der Waals surface area (Å²) < 4.78 is 5.67. The molecule has 0 bridgehead atoms. The van der Waals surface area contributed by atoms with Gasteiger partial charge in [0.15, 0.2) is 0 Å². The number of piperidine rings is 1. The molecule has 4 atom stereocenters. The number of phenols is 2. The van der Waals surface area contributed by atoms with Crippen LogP contribution in [0.1, 0.15) is 71.6 Å². The van der Waals surface area contributed by atoms with Crippen molar-refractivity contribution in [2.45, 2.75) is 91.0 Å². The van der Waals surface area contributed by atoms with Crippen molar-refractivity contribution >= 4 is 12.0 Å². The fraction of sp³-hybridized carbons (Fsp3) is 0.576. The molecule has 2 aromatic carbocycles. The maximum Gasteiger partial charge on any atom is 0.411 e. The molecule has 2 aromatic rings. The number of fused-ring (bicyclic) bond motifs is 1. The highest BCUT2D eigenvalue weighted by molar-refractivity contribution is 5.87. The average molecular weight is 566 g/mol. The molecule has 2 aliphatic rings. The topological polar surface area (TPSA) is 102 Å². The zero-order chi connectivity index (χ0) is 30.1. The molecular formula is C33H47N3O5. The van der Waals surface area contributed by atoms with E-state index in [1.807, 2.05) is 39.0 Å². The second kappa shape index (κ2) is 11.9. The van der Waals surface area contributed by atoms with E-state index in [4.69, 9.17) is 4.74 Å². The van der Waals surface area contributed by atoms with E-state index >= 15 is 0 Å². The highest BCUT2D eigenvalue weighted by Gasteiger charge is 2.41. The van der Waals surface area contributed by atoms with Crippen LogP contribution in [0, 0.1) is 11.8 Å². The number of nitrogens with one attached hydrogen (secondary N) is 1. The summed E-state index contributed by atoms with van der Waals surface area (Å²) in [6.07, 6.45) is 0.771. The van der Waals surface area contributed by atoms with Crippen molar-refractivity contribution in [3.05, 3.63) is 59.2 Å². The molecule has 41 heavy (non-hydrogen) atoms. The lowest BCUT2D eigenvalue weighted by molar-refractivity contribution is -0.128. The molecule has 1 fully saturated rings. The Kier molecular flexibility index (Phi) is 8.93. The van der Waals surface area contributed by atoms with Crippen LogP contribution in [0.5, 0.6) is 11.5 Å². The fourth-order valence-electron chi connectivity index (χ4n) is 6.07. The number of aromatic hydroxyl groups is 2. The number of carbonyl (C=O) groups excluding carboxylic acids is 2. The lowest BCUT2D eigenvalue weighted by Crippen LogP contribution is -2.58. The summed E-state index contributed by atoms with van der Waals surface area (Å²) in [7, 11) is 0. The van der Waals surface area contributed by atoms with Crippen LogP contribution in [0.4, 0.5) is 4.79 Å². The monoisotopic (exact) mass is 565 g/mol. The second-order valence-electron chi connectivity index (χ2n) is 13.5. The zero-order valence-electron chi connectivity index (χ0n) is 25.6. The summed E-state index contributed by atoms with van der Waals surface area (Å²) in [5, 5.41) is 23.3. The van der Waals surface area contributed by atoms with E-state index < -0.39 is 17.7 Å². The number of hydrogen-bond donors (Lipinski definition) is 3. The van der Waals surface area contributed by atoms with E-state index in [1.54, 1.807) is 18.2 Å². The first-order chi connectivity index (χ1) is 19.2. The van der Waals surface area contributed by atoms with E-state index in [2.05, 4.69) is 44.0 Å². The number of likely N-dealkylation sites (tertiary alicyclic amines) is 1. The van der Waals surface area contributed by atoms with Gasteiger partial charge in [-0.05, 0) is 91.9 Å².